The van der Waals surface area contributed by atoms with E-state index in [9.17, 15) is 8.60 Å². The Labute approximate surface area is 194 Å². The zero-order valence-corrected chi connectivity index (χ0v) is 20.0. The van der Waals surface area contributed by atoms with Gasteiger partial charge in [-0.05, 0) is 50.8 Å². The first kappa shape index (κ1) is 22.9. The number of nitrogens with one attached hydrogen (secondary N) is 2. The average Bonchev–Trinajstić information content (AvgIpc) is 3.28. The highest BCUT2D eigenvalue weighted by molar-refractivity contribution is 7.86. The third-order valence-corrected chi connectivity index (χ3v) is 8.51. The summed E-state index contributed by atoms with van der Waals surface area (Å²) in [5, 5.41) is 5.92. The number of halogens is 2. The lowest BCUT2D eigenvalue weighted by atomic mass is 9.85. The number of likely N-dealkylation sites (N-methyl/N-ethyl adjacent to an activating group) is 1. The van der Waals surface area contributed by atoms with E-state index in [4.69, 9.17) is 11.6 Å². The van der Waals surface area contributed by atoms with Crippen LogP contribution >= 0.6 is 22.9 Å². The summed E-state index contributed by atoms with van der Waals surface area (Å²) in [5.41, 5.74) is 0.551. The monoisotopic (exact) mass is 485 g/mol. The molecule has 1 atom stereocenters. The average molecular weight is 486 g/mol. The van der Waals surface area contributed by atoms with Gasteiger partial charge >= 0.3 is 0 Å². The fourth-order valence-corrected chi connectivity index (χ4v) is 6.24. The minimum atomic E-state index is -1.76. The molecule has 0 radical (unpaired) electrons. The Morgan fingerprint density at radius 1 is 1.23 bits per heavy atom. The second kappa shape index (κ2) is 10.6. The third kappa shape index (κ3) is 5.96. The van der Waals surface area contributed by atoms with Gasteiger partial charge in [0, 0.05) is 50.3 Å². The second-order valence-electron chi connectivity index (χ2n) is 8.37. The fourth-order valence-electron chi connectivity index (χ4n) is 4.37. The van der Waals surface area contributed by atoms with Crippen molar-refractivity contribution in [2.75, 3.05) is 49.8 Å². The van der Waals surface area contributed by atoms with Crippen LogP contribution in [-0.2, 0) is 11.0 Å². The Bertz CT molecular complexity index is 884. The molecule has 1 unspecified atom stereocenters. The van der Waals surface area contributed by atoms with Crippen LogP contribution in [0.25, 0.3) is 0 Å². The van der Waals surface area contributed by atoms with E-state index in [-0.39, 0.29) is 4.90 Å². The number of piperazine rings is 1. The number of hydrogen-bond donors (Lipinski definition) is 2. The van der Waals surface area contributed by atoms with Gasteiger partial charge in [0.2, 0.25) is 0 Å². The zero-order valence-electron chi connectivity index (χ0n) is 17.7. The summed E-state index contributed by atoms with van der Waals surface area (Å²) in [7, 11) is 0.433. The first-order chi connectivity index (χ1) is 15.0. The molecule has 1 saturated carbocycles. The van der Waals surface area contributed by atoms with Gasteiger partial charge in [-0.3, -0.25) is 9.62 Å². The maximum Gasteiger partial charge on any atom is 0.194 e. The number of benzene rings is 1. The largest absolute Gasteiger partial charge is 0.383 e. The molecule has 4 rings (SSSR count). The third-order valence-electron chi connectivity index (χ3n) is 6.29. The molecule has 0 bridgehead atoms. The van der Waals surface area contributed by atoms with Gasteiger partial charge in [0.15, 0.2) is 16.1 Å². The minimum absolute atomic E-state index is 0.0263. The van der Waals surface area contributed by atoms with E-state index in [1.807, 2.05) is 0 Å². The summed E-state index contributed by atoms with van der Waals surface area (Å²) in [6.07, 6.45) is 6.38. The van der Waals surface area contributed by atoms with Gasteiger partial charge in [0.25, 0.3) is 0 Å². The summed E-state index contributed by atoms with van der Waals surface area (Å²) in [5.74, 6) is 0.0104. The summed E-state index contributed by atoms with van der Waals surface area (Å²) in [4.78, 5) is 9.08. The van der Waals surface area contributed by atoms with Gasteiger partial charge in [-0.2, -0.15) is 0 Å². The van der Waals surface area contributed by atoms with E-state index in [0.717, 1.165) is 19.6 Å². The predicted molar refractivity (Wildman–Crippen MR) is 127 cm³/mol. The molecule has 0 amide bonds. The smallest absolute Gasteiger partial charge is 0.194 e. The molecule has 1 aromatic heterocycles. The molecule has 10 heteroatoms. The van der Waals surface area contributed by atoms with Gasteiger partial charge < -0.3 is 10.2 Å². The first-order valence-electron chi connectivity index (χ1n) is 10.7. The minimum Gasteiger partial charge on any atom is -0.383 e. The van der Waals surface area contributed by atoms with Crippen molar-refractivity contribution in [3.05, 3.63) is 34.5 Å². The van der Waals surface area contributed by atoms with Gasteiger partial charge in [0.1, 0.15) is 5.82 Å². The highest BCUT2D eigenvalue weighted by Crippen LogP contribution is 2.31. The molecule has 2 aromatic rings. The fraction of sp³-hybridized carbons (Fsp3) is 0.571. The highest BCUT2D eigenvalue weighted by Gasteiger charge is 2.27. The molecule has 1 saturated heterocycles. The van der Waals surface area contributed by atoms with Crippen molar-refractivity contribution in [2.24, 2.45) is 5.92 Å². The van der Waals surface area contributed by atoms with Gasteiger partial charge in [-0.25, -0.2) is 13.6 Å². The molecule has 170 valence electrons. The summed E-state index contributed by atoms with van der Waals surface area (Å²) in [6, 6.07) is 3.47. The van der Waals surface area contributed by atoms with Crippen molar-refractivity contribution in [3.63, 3.8) is 0 Å². The van der Waals surface area contributed by atoms with Crippen molar-refractivity contribution in [1.29, 1.82) is 0 Å². The van der Waals surface area contributed by atoms with Crippen molar-refractivity contribution in [3.8, 4) is 0 Å². The van der Waals surface area contributed by atoms with E-state index >= 15 is 0 Å². The second-order valence-corrected chi connectivity index (χ2v) is 10.8. The normalized spacial score (nSPS) is 24.1. The van der Waals surface area contributed by atoms with Crippen LogP contribution in [0.1, 0.15) is 25.7 Å². The molecular formula is C21H29ClFN5OS2. The van der Waals surface area contributed by atoms with Gasteiger partial charge in [-0.15, -0.1) is 11.3 Å². The number of aromatic nitrogens is 1. The molecule has 2 fully saturated rings. The molecule has 31 heavy (non-hydrogen) atoms. The van der Waals surface area contributed by atoms with Crippen LogP contribution in [0.4, 0.5) is 15.2 Å². The lowest BCUT2D eigenvalue weighted by Gasteiger charge is -2.41. The van der Waals surface area contributed by atoms with Crippen molar-refractivity contribution >= 4 is 44.7 Å². The predicted octanol–water partition coefficient (Wildman–Crippen LogP) is 4.29. The quantitative estimate of drug-likeness (QED) is 0.612. The molecule has 1 aliphatic heterocycles. The molecule has 2 heterocycles. The van der Waals surface area contributed by atoms with Crippen LogP contribution in [0.2, 0.25) is 5.02 Å². The number of hydrogen-bond acceptors (Lipinski definition) is 6. The number of nitrogens with zero attached hydrogens (tertiary/aromatic N) is 3. The van der Waals surface area contributed by atoms with Crippen LogP contribution in [0, 0.1) is 11.7 Å². The Morgan fingerprint density at radius 3 is 2.65 bits per heavy atom. The Balaban J connectivity index is 1.28. The lowest BCUT2D eigenvalue weighted by Crippen LogP contribution is -2.50. The first-order valence-corrected chi connectivity index (χ1v) is 13.1. The molecule has 2 aliphatic rings. The van der Waals surface area contributed by atoms with Crippen molar-refractivity contribution in [1.82, 2.24) is 14.8 Å². The molecule has 0 spiro atoms. The van der Waals surface area contributed by atoms with E-state index in [1.165, 1.54) is 62.2 Å². The van der Waals surface area contributed by atoms with E-state index in [2.05, 4.69) is 31.9 Å². The number of anilines is 2. The molecule has 2 N–H and O–H groups in total. The number of rotatable bonds is 7. The van der Waals surface area contributed by atoms with Crippen LogP contribution in [0.3, 0.4) is 0 Å². The van der Waals surface area contributed by atoms with Crippen molar-refractivity contribution < 1.29 is 8.60 Å². The van der Waals surface area contributed by atoms with Crippen LogP contribution < -0.4 is 10.0 Å². The SMILES string of the molecule is CN1CCN(C2CCC(CNc3cc(F)c(S(=O)Nc4nccs4)cc3Cl)CC2)CC1. The van der Waals surface area contributed by atoms with Gasteiger partial charge in [0.05, 0.1) is 15.6 Å². The highest BCUT2D eigenvalue weighted by atomic mass is 35.5. The van der Waals surface area contributed by atoms with Crippen LogP contribution in [0.5, 0.6) is 0 Å². The standard InChI is InChI=1S/C21H29ClFN5OS2/c1-27-7-9-28(10-8-27)16-4-2-15(3-5-16)14-25-19-13-18(23)20(12-17(19)22)31(29)26-21-24-6-11-30-21/h6,11-13,15-16,25H,2-5,7-10,14H2,1H3,(H,24,26). The molecule has 6 nitrogen and oxygen atoms in total. The van der Waals surface area contributed by atoms with Gasteiger partial charge in [-0.1, -0.05) is 11.6 Å². The van der Waals surface area contributed by atoms with Crippen LogP contribution in [-0.4, -0.2) is 64.8 Å². The number of thiazole rings is 1. The Kier molecular flexibility index (Phi) is 7.81. The molecule has 1 aromatic carbocycles. The van der Waals surface area contributed by atoms with Crippen LogP contribution in [0.15, 0.2) is 28.6 Å². The summed E-state index contributed by atoms with van der Waals surface area (Å²) in [6.45, 7) is 5.43. The van der Waals surface area contributed by atoms with E-state index in [0.29, 0.717) is 27.8 Å². The molecule has 1 aliphatic carbocycles. The topological polar surface area (TPSA) is 60.5 Å². The summed E-state index contributed by atoms with van der Waals surface area (Å²) >= 11 is 7.67. The summed E-state index contributed by atoms with van der Waals surface area (Å²) < 4.78 is 29.7. The molecular weight excluding hydrogens is 457 g/mol. The van der Waals surface area contributed by atoms with Crippen molar-refractivity contribution in [2.45, 2.75) is 36.6 Å². The van der Waals surface area contributed by atoms with E-state index in [1.54, 1.807) is 11.6 Å². The Hall–Kier alpha value is -1.26. The van der Waals surface area contributed by atoms with E-state index < -0.39 is 16.8 Å². The lowest BCUT2D eigenvalue weighted by molar-refractivity contribution is 0.0826. The maximum absolute atomic E-state index is 14.6. The zero-order chi connectivity index (χ0) is 21.8. The maximum atomic E-state index is 14.6. The Morgan fingerprint density at radius 2 is 1.97 bits per heavy atom.